The molecule has 2 heterocycles. The molecule has 8 heteroatoms. The van der Waals surface area contributed by atoms with E-state index < -0.39 is 0 Å². The van der Waals surface area contributed by atoms with Crippen molar-refractivity contribution in [3.63, 3.8) is 0 Å². The van der Waals surface area contributed by atoms with Crippen LogP contribution in [0.25, 0.3) is 0 Å². The van der Waals surface area contributed by atoms with Crippen molar-refractivity contribution < 1.29 is 5.11 Å². The smallest absolute Gasteiger partial charge is 0.191 e. The second-order valence-electron chi connectivity index (χ2n) is 6.56. The molecule has 0 radical (unpaired) electrons. The Bertz CT molecular complexity index is 525. The van der Waals surface area contributed by atoms with Gasteiger partial charge in [0.05, 0.1) is 18.3 Å². The third-order valence-electron chi connectivity index (χ3n) is 4.17. The number of hydrogen-bond donors (Lipinski definition) is 3. The van der Waals surface area contributed by atoms with Gasteiger partial charge in [-0.2, -0.15) is 0 Å². The molecule has 25 heavy (non-hydrogen) atoms. The molecule has 1 aromatic rings. The molecule has 0 unspecified atom stereocenters. The molecule has 1 aromatic heterocycles. The van der Waals surface area contributed by atoms with E-state index in [2.05, 4.69) is 37.8 Å². The summed E-state index contributed by atoms with van der Waals surface area (Å²) >= 11 is 1.64. The number of hydrogen-bond acceptors (Lipinski definition) is 6. The largest absolute Gasteiger partial charge is 0.393 e. The molecule has 7 nitrogen and oxygen atoms in total. The van der Waals surface area contributed by atoms with Crippen LogP contribution >= 0.6 is 11.3 Å². The van der Waals surface area contributed by atoms with Crippen molar-refractivity contribution in [1.82, 2.24) is 20.5 Å². The van der Waals surface area contributed by atoms with Gasteiger partial charge in [0, 0.05) is 45.7 Å². The van der Waals surface area contributed by atoms with Gasteiger partial charge in [-0.1, -0.05) is 0 Å². The molecule has 1 saturated heterocycles. The van der Waals surface area contributed by atoms with Gasteiger partial charge in [0.15, 0.2) is 11.1 Å². The molecule has 0 spiro atoms. The molecule has 0 bridgehead atoms. The number of nitrogens with one attached hydrogen (secondary N) is 2. The average molecular weight is 369 g/mol. The molecule has 0 aliphatic carbocycles. The maximum absolute atomic E-state index is 9.55. The second-order valence-corrected chi connectivity index (χ2v) is 7.40. The van der Waals surface area contributed by atoms with Crippen molar-refractivity contribution in [3.8, 4) is 0 Å². The van der Waals surface area contributed by atoms with Crippen LogP contribution in [0.2, 0.25) is 0 Å². The first-order valence-electron chi connectivity index (χ1n) is 9.12. The van der Waals surface area contributed by atoms with Crippen LogP contribution in [0.3, 0.4) is 0 Å². The highest BCUT2D eigenvalue weighted by molar-refractivity contribution is 7.13. The zero-order chi connectivity index (χ0) is 18.1. The Morgan fingerprint density at radius 1 is 1.40 bits per heavy atom. The van der Waals surface area contributed by atoms with E-state index in [1.807, 2.05) is 19.0 Å². The minimum absolute atomic E-state index is 0.0967. The number of thiazole rings is 1. The van der Waals surface area contributed by atoms with E-state index in [4.69, 9.17) is 0 Å². The summed E-state index contributed by atoms with van der Waals surface area (Å²) < 4.78 is 0. The van der Waals surface area contributed by atoms with Crippen LogP contribution in [0.5, 0.6) is 0 Å². The zero-order valence-corrected chi connectivity index (χ0v) is 16.5. The minimum atomic E-state index is -0.0967. The standard InChI is InChI=1S/C17H32N6OS/c1-4-18-16(20-12-14-13-25-17(21-14)22(2)3)19-8-5-9-23-10-6-15(24)7-11-23/h13,15,24H,4-12H2,1-3H3,(H2,18,19,20). The van der Waals surface area contributed by atoms with Crippen molar-refractivity contribution in [2.24, 2.45) is 4.99 Å². The number of guanidine groups is 1. The van der Waals surface area contributed by atoms with Crippen LogP contribution in [-0.2, 0) is 6.54 Å². The van der Waals surface area contributed by atoms with Gasteiger partial charge < -0.3 is 25.5 Å². The molecule has 1 fully saturated rings. The van der Waals surface area contributed by atoms with Crippen LogP contribution in [0, 0.1) is 0 Å². The van der Waals surface area contributed by atoms with E-state index in [1.54, 1.807) is 11.3 Å². The predicted molar refractivity (Wildman–Crippen MR) is 106 cm³/mol. The molecule has 142 valence electrons. The van der Waals surface area contributed by atoms with E-state index in [-0.39, 0.29) is 6.10 Å². The number of nitrogens with zero attached hydrogens (tertiary/aromatic N) is 4. The van der Waals surface area contributed by atoms with Crippen LogP contribution in [0.15, 0.2) is 10.4 Å². The lowest BCUT2D eigenvalue weighted by molar-refractivity contribution is 0.0823. The third-order valence-corrected chi connectivity index (χ3v) is 5.22. The van der Waals surface area contributed by atoms with E-state index >= 15 is 0 Å². The number of aliphatic hydroxyl groups excluding tert-OH is 1. The maximum Gasteiger partial charge on any atom is 0.191 e. The van der Waals surface area contributed by atoms with Gasteiger partial charge >= 0.3 is 0 Å². The number of aliphatic hydroxyl groups is 1. The topological polar surface area (TPSA) is 76.0 Å². The van der Waals surface area contributed by atoms with Crippen LogP contribution in [-0.4, -0.2) is 73.9 Å². The Balaban J connectivity index is 1.71. The molecule has 0 aromatic carbocycles. The summed E-state index contributed by atoms with van der Waals surface area (Å²) in [5.41, 5.74) is 0.998. The number of likely N-dealkylation sites (tertiary alicyclic amines) is 1. The normalized spacial score (nSPS) is 16.9. The molecule has 0 saturated carbocycles. The van der Waals surface area contributed by atoms with Crippen molar-refractivity contribution in [2.75, 3.05) is 51.7 Å². The molecular weight excluding hydrogens is 336 g/mol. The molecule has 0 amide bonds. The van der Waals surface area contributed by atoms with Crippen molar-refractivity contribution in [1.29, 1.82) is 0 Å². The first-order valence-corrected chi connectivity index (χ1v) is 10.0. The van der Waals surface area contributed by atoms with E-state index in [0.29, 0.717) is 6.54 Å². The summed E-state index contributed by atoms with van der Waals surface area (Å²) in [5.74, 6) is 0.843. The van der Waals surface area contributed by atoms with Crippen LogP contribution in [0.4, 0.5) is 5.13 Å². The molecule has 0 atom stereocenters. The first kappa shape index (κ1) is 19.9. The van der Waals surface area contributed by atoms with Gasteiger partial charge in [-0.05, 0) is 32.7 Å². The van der Waals surface area contributed by atoms with Gasteiger partial charge in [-0.25, -0.2) is 9.98 Å². The van der Waals surface area contributed by atoms with Gasteiger partial charge in [0.2, 0.25) is 0 Å². The highest BCUT2D eigenvalue weighted by Crippen LogP contribution is 2.18. The second kappa shape index (κ2) is 10.6. The van der Waals surface area contributed by atoms with Crippen molar-refractivity contribution >= 4 is 22.4 Å². The Kier molecular flexibility index (Phi) is 8.43. The monoisotopic (exact) mass is 368 g/mol. The Hall–Kier alpha value is -1.38. The fourth-order valence-corrected chi connectivity index (χ4v) is 3.48. The number of aliphatic imine (C=N–C) groups is 1. The Labute approximate surface area is 155 Å². The summed E-state index contributed by atoms with van der Waals surface area (Å²) in [4.78, 5) is 13.6. The lowest BCUT2D eigenvalue weighted by atomic mass is 10.1. The SMILES string of the molecule is CCNC(=NCc1csc(N(C)C)n1)NCCCN1CCC(O)CC1. The quantitative estimate of drug-likeness (QED) is 0.363. The molecular formula is C17H32N6OS. The Morgan fingerprint density at radius 2 is 2.16 bits per heavy atom. The van der Waals surface area contributed by atoms with Gasteiger partial charge in [0.25, 0.3) is 0 Å². The molecule has 2 rings (SSSR count). The van der Waals surface area contributed by atoms with Gasteiger partial charge in [-0.15, -0.1) is 11.3 Å². The van der Waals surface area contributed by atoms with Crippen molar-refractivity contribution in [3.05, 3.63) is 11.1 Å². The molecule has 3 N–H and O–H groups in total. The van der Waals surface area contributed by atoms with E-state index in [9.17, 15) is 5.11 Å². The summed E-state index contributed by atoms with van der Waals surface area (Å²) in [6.07, 6.45) is 2.78. The third kappa shape index (κ3) is 7.17. The number of piperidine rings is 1. The van der Waals surface area contributed by atoms with Gasteiger partial charge in [-0.3, -0.25) is 0 Å². The molecule has 1 aliphatic rings. The highest BCUT2D eigenvalue weighted by Gasteiger charge is 2.16. The maximum atomic E-state index is 9.55. The summed E-state index contributed by atoms with van der Waals surface area (Å²) in [6.45, 7) is 7.48. The lowest BCUT2D eigenvalue weighted by Gasteiger charge is -2.29. The highest BCUT2D eigenvalue weighted by atomic mass is 32.1. The fraction of sp³-hybridized carbons (Fsp3) is 0.765. The van der Waals surface area contributed by atoms with Crippen LogP contribution < -0.4 is 15.5 Å². The number of anilines is 1. The average Bonchev–Trinajstić information content (AvgIpc) is 3.07. The molecule has 1 aliphatic heterocycles. The van der Waals surface area contributed by atoms with Crippen LogP contribution in [0.1, 0.15) is 31.9 Å². The van der Waals surface area contributed by atoms with Gasteiger partial charge in [0.1, 0.15) is 0 Å². The summed E-state index contributed by atoms with van der Waals surface area (Å²) in [5, 5.41) is 19.3. The summed E-state index contributed by atoms with van der Waals surface area (Å²) in [7, 11) is 4.00. The predicted octanol–water partition coefficient (Wildman–Crippen LogP) is 1.11. The first-order chi connectivity index (χ1) is 12.1. The minimum Gasteiger partial charge on any atom is -0.393 e. The van der Waals surface area contributed by atoms with E-state index in [1.165, 1.54) is 0 Å². The van der Waals surface area contributed by atoms with Crippen molar-refractivity contribution in [2.45, 2.75) is 38.8 Å². The summed E-state index contributed by atoms with van der Waals surface area (Å²) in [6, 6.07) is 0. The van der Waals surface area contributed by atoms with E-state index in [0.717, 1.165) is 68.8 Å². The lowest BCUT2D eigenvalue weighted by Crippen LogP contribution is -2.40. The Morgan fingerprint density at radius 3 is 2.80 bits per heavy atom. The number of aromatic nitrogens is 1. The number of rotatable bonds is 8. The zero-order valence-electron chi connectivity index (χ0n) is 15.7. The fourth-order valence-electron chi connectivity index (χ4n) is 2.73.